The first-order chi connectivity index (χ1) is 11.8. The lowest BCUT2D eigenvalue weighted by molar-refractivity contribution is 0.302. The lowest BCUT2D eigenvalue weighted by Crippen LogP contribution is -1.98. The summed E-state index contributed by atoms with van der Waals surface area (Å²) in [5, 5.41) is 1.07. The maximum atomic E-state index is 5.85. The Morgan fingerprint density at radius 3 is 2.79 bits per heavy atom. The van der Waals surface area contributed by atoms with E-state index in [1.165, 1.54) is 0 Å². The number of imidazole rings is 1. The van der Waals surface area contributed by atoms with Crippen molar-refractivity contribution in [2.45, 2.75) is 13.5 Å². The van der Waals surface area contributed by atoms with Crippen molar-refractivity contribution in [1.29, 1.82) is 0 Å². The summed E-state index contributed by atoms with van der Waals surface area (Å²) in [6, 6.07) is 13.8. The number of aromatic amines is 1. The van der Waals surface area contributed by atoms with E-state index in [4.69, 9.17) is 4.74 Å². The van der Waals surface area contributed by atoms with Gasteiger partial charge in [-0.2, -0.15) is 0 Å². The first kappa shape index (κ1) is 14.4. The zero-order valence-electron chi connectivity index (χ0n) is 13.2. The number of benzene rings is 1. The molecule has 0 bridgehead atoms. The molecule has 4 aromatic rings. The van der Waals surface area contributed by atoms with Crippen LogP contribution < -0.4 is 4.74 Å². The maximum Gasteiger partial charge on any atom is 0.156 e. The van der Waals surface area contributed by atoms with Crippen molar-refractivity contribution in [3.8, 4) is 17.3 Å². The van der Waals surface area contributed by atoms with Gasteiger partial charge in [-0.3, -0.25) is 4.98 Å². The minimum atomic E-state index is 0.448. The molecule has 0 atom stereocenters. The molecule has 0 aliphatic rings. The van der Waals surface area contributed by atoms with E-state index in [1.807, 2.05) is 42.5 Å². The smallest absolute Gasteiger partial charge is 0.156 e. The Kier molecular flexibility index (Phi) is 3.67. The number of aryl methyl sites for hydroxylation is 1. The van der Waals surface area contributed by atoms with Crippen molar-refractivity contribution in [3.63, 3.8) is 0 Å². The summed E-state index contributed by atoms with van der Waals surface area (Å²) in [5.41, 5.74) is 3.80. The molecule has 0 aliphatic carbocycles. The first-order valence-corrected chi connectivity index (χ1v) is 7.73. The van der Waals surface area contributed by atoms with Crippen LogP contribution in [0.25, 0.3) is 22.4 Å². The van der Waals surface area contributed by atoms with E-state index in [9.17, 15) is 0 Å². The van der Waals surface area contributed by atoms with Gasteiger partial charge in [-0.1, -0.05) is 6.07 Å². The monoisotopic (exact) mass is 316 g/mol. The van der Waals surface area contributed by atoms with E-state index in [0.717, 1.165) is 39.4 Å². The van der Waals surface area contributed by atoms with Crippen LogP contribution >= 0.6 is 0 Å². The maximum absolute atomic E-state index is 5.85. The lowest BCUT2D eigenvalue weighted by Gasteiger charge is -2.09. The molecule has 0 amide bonds. The van der Waals surface area contributed by atoms with Crippen LogP contribution in [-0.2, 0) is 6.61 Å². The zero-order valence-corrected chi connectivity index (χ0v) is 13.2. The summed E-state index contributed by atoms with van der Waals surface area (Å²) in [5.74, 6) is 1.58. The minimum Gasteiger partial charge on any atom is -0.487 e. The van der Waals surface area contributed by atoms with Gasteiger partial charge in [0.2, 0.25) is 0 Å². The highest BCUT2D eigenvalue weighted by Gasteiger charge is 2.08. The third-order valence-corrected chi connectivity index (χ3v) is 3.84. The van der Waals surface area contributed by atoms with Gasteiger partial charge in [0.15, 0.2) is 5.82 Å². The lowest BCUT2D eigenvalue weighted by atomic mass is 10.1. The SMILES string of the molecule is Cc1cc(-c2ncc[nH]2)nc2ccc(OCc3ccccn3)cc12. The molecule has 4 rings (SSSR count). The highest BCUT2D eigenvalue weighted by molar-refractivity contribution is 5.85. The fourth-order valence-electron chi connectivity index (χ4n) is 2.63. The summed E-state index contributed by atoms with van der Waals surface area (Å²) in [7, 11) is 0. The second-order valence-electron chi connectivity index (χ2n) is 5.55. The number of aromatic nitrogens is 4. The molecule has 0 fully saturated rings. The van der Waals surface area contributed by atoms with Crippen LogP contribution in [0.4, 0.5) is 0 Å². The second kappa shape index (κ2) is 6.12. The molecule has 0 saturated carbocycles. The summed E-state index contributed by atoms with van der Waals surface area (Å²) >= 11 is 0. The van der Waals surface area contributed by atoms with E-state index in [0.29, 0.717) is 6.61 Å². The van der Waals surface area contributed by atoms with Crippen molar-refractivity contribution in [2.75, 3.05) is 0 Å². The summed E-state index contributed by atoms with van der Waals surface area (Å²) in [4.78, 5) is 16.3. The van der Waals surface area contributed by atoms with Crippen molar-refractivity contribution in [2.24, 2.45) is 0 Å². The molecule has 5 nitrogen and oxygen atoms in total. The van der Waals surface area contributed by atoms with Gasteiger partial charge < -0.3 is 9.72 Å². The van der Waals surface area contributed by atoms with Crippen LogP contribution in [0.1, 0.15) is 11.3 Å². The van der Waals surface area contributed by atoms with E-state index in [2.05, 4.69) is 26.9 Å². The number of hydrogen-bond acceptors (Lipinski definition) is 4. The largest absolute Gasteiger partial charge is 0.487 e. The van der Waals surface area contributed by atoms with Crippen LogP contribution in [0, 0.1) is 6.92 Å². The molecule has 1 aromatic carbocycles. The molecule has 0 aliphatic heterocycles. The Morgan fingerprint density at radius 1 is 1.04 bits per heavy atom. The van der Waals surface area contributed by atoms with Gasteiger partial charge in [0.25, 0.3) is 0 Å². The number of H-pyrrole nitrogens is 1. The topological polar surface area (TPSA) is 63.7 Å². The van der Waals surface area contributed by atoms with Gasteiger partial charge in [-0.15, -0.1) is 0 Å². The average Bonchev–Trinajstić information content (AvgIpc) is 3.16. The number of fused-ring (bicyclic) bond motifs is 1. The summed E-state index contributed by atoms with van der Waals surface area (Å²) in [6.45, 7) is 2.52. The molecule has 3 aromatic heterocycles. The predicted octanol–water partition coefficient (Wildman–Crippen LogP) is 3.91. The number of ether oxygens (including phenoxy) is 1. The van der Waals surface area contributed by atoms with E-state index >= 15 is 0 Å². The normalized spacial score (nSPS) is 10.9. The Bertz CT molecular complexity index is 966. The molecule has 3 heterocycles. The Labute approximate surface area is 139 Å². The van der Waals surface area contributed by atoms with Gasteiger partial charge in [0, 0.05) is 24.0 Å². The molecular formula is C19H16N4O. The number of hydrogen-bond donors (Lipinski definition) is 1. The fourth-order valence-corrected chi connectivity index (χ4v) is 2.63. The van der Waals surface area contributed by atoms with Gasteiger partial charge in [0.1, 0.15) is 18.1 Å². The van der Waals surface area contributed by atoms with Crippen molar-refractivity contribution < 1.29 is 4.74 Å². The van der Waals surface area contributed by atoms with Crippen LogP contribution in [0.15, 0.2) is 61.1 Å². The zero-order chi connectivity index (χ0) is 16.4. The standard InChI is InChI=1S/C19H16N4O/c1-13-10-18(19-21-8-9-22-19)23-17-6-5-15(11-16(13)17)24-12-14-4-2-3-7-20-14/h2-11H,12H2,1H3,(H,21,22). The highest BCUT2D eigenvalue weighted by Crippen LogP contribution is 2.26. The molecule has 0 radical (unpaired) electrons. The molecular weight excluding hydrogens is 300 g/mol. The molecule has 0 unspecified atom stereocenters. The average molecular weight is 316 g/mol. The summed E-state index contributed by atoms with van der Waals surface area (Å²) < 4.78 is 5.85. The van der Waals surface area contributed by atoms with Crippen molar-refractivity contribution >= 4 is 10.9 Å². The van der Waals surface area contributed by atoms with E-state index in [-0.39, 0.29) is 0 Å². The predicted molar refractivity (Wildman–Crippen MR) is 92.6 cm³/mol. The minimum absolute atomic E-state index is 0.448. The van der Waals surface area contributed by atoms with Crippen LogP contribution in [0.3, 0.4) is 0 Å². The summed E-state index contributed by atoms with van der Waals surface area (Å²) in [6.07, 6.45) is 5.29. The third kappa shape index (κ3) is 2.84. The molecule has 0 saturated heterocycles. The third-order valence-electron chi connectivity index (χ3n) is 3.84. The van der Waals surface area contributed by atoms with E-state index < -0.39 is 0 Å². The Hall–Kier alpha value is -3.21. The van der Waals surface area contributed by atoms with E-state index in [1.54, 1.807) is 18.6 Å². The Morgan fingerprint density at radius 2 is 2.00 bits per heavy atom. The van der Waals surface area contributed by atoms with Crippen LogP contribution in [0.5, 0.6) is 5.75 Å². The number of nitrogens with zero attached hydrogens (tertiary/aromatic N) is 3. The molecule has 24 heavy (non-hydrogen) atoms. The fraction of sp³-hybridized carbons (Fsp3) is 0.105. The van der Waals surface area contributed by atoms with Crippen LogP contribution in [0.2, 0.25) is 0 Å². The number of nitrogens with one attached hydrogen (secondary N) is 1. The van der Waals surface area contributed by atoms with Gasteiger partial charge in [0.05, 0.1) is 11.2 Å². The van der Waals surface area contributed by atoms with Crippen LogP contribution in [-0.4, -0.2) is 19.9 Å². The van der Waals surface area contributed by atoms with Gasteiger partial charge in [-0.25, -0.2) is 9.97 Å². The van der Waals surface area contributed by atoms with Crippen molar-refractivity contribution in [1.82, 2.24) is 19.9 Å². The quantitative estimate of drug-likeness (QED) is 0.620. The molecule has 5 heteroatoms. The van der Waals surface area contributed by atoms with Gasteiger partial charge in [-0.05, 0) is 48.9 Å². The molecule has 1 N–H and O–H groups in total. The van der Waals surface area contributed by atoms with Crippen molar-refractivity contribution in [3.05, 3.63) is 72.3 Å². The number of rotatable bonds is 4. The molecule has 0 spiro atoms. The first-order valence-electron chi connectivity index (χ1n) is 7.73. The van der Waals surface area contributed by atoms with Gasteiger partial charge >= 0.3 is 0 Å². The number of pyridine rings is 2. The second-order valence-corrected chi connectivity index (χ2v) is 5.55. The highest BCUT2D eigenvalue weighted by atomic mass is 16.5. The molecule has 118 valence electrons. The Balaban J connectivity index is 1.63.